The minimum Gasteiger partial charge on any atom is -0.490 e. The number of hydrogen-bond acceptors (Lipinski definition) is 2. The van der Waals surface area contributed by atoms with E-state index >= 15 is 0 Å². The molecule has 0 spiro atoms. The van der Waals surface area contributed by atoms with Crippen molar-refractivity contribution in [3.63, 3.8) is 0 Å². The molecule has 0 saturated carbocycles. The molecule has 5 heteroatoms. The fourth-order valence-corrected chi connectivity index (χ4v) is 4.45. The lowest BCUT2D eigenvalue weighted by atomic mass is 9.90. The average Bonchev–Trinajstić information content (AvgIpc) is 2.82. The van der Waals surface area contributed by atoms with Crippen LogP contribution in [0.25, 0.3) is 11.1 Å². The van der Waals surface area contributed by atoms with E-state index in [4.69, 9.17) is 4.74 Å². The summed E-state index contributed by atoms with van der Waals surface area (Å²) < 4.78 is 41.7. The Bertz CT molecular complexity index is 835. The second-order valence-corrected chi connectivity index (χ2v) is 8.96. The molecular weight excluding hydrogens is 423 g/mol. The number of allylic oxidation sites excluding steroid dienone is 1. The van der Waals surface area contributed by atoms with Gasteiger partial charge in [0.2, 0.25) is 0 Å². The predicted octanol–water partition coefficient (Wildman–Crippen LogP) is 8.43. The van der Waals surface area contributed by atoms with E-state index < -0.39 is 6.18 Å². The number of nitrogens with zero attached hydrogens (tertiary/aromatic N) is 1. The molecule has 1 aliphatic heterocycles. The molecule has 0 radical (unpaired) electrons. The molecule has 2 nitrogen and oxygen atoms in total. The molecule has 3 rings (SSSR count). The maximum Gasteiger partial charge on any atom is 0.409 e. The van der Waals surface area contributed by atoms with Gasteiger partial charge >= 0.3 is 6.18 Å². The molecule has 0 aromatic heterocycles. The second-order valence-electron chi connectivity index (χ2n) is 8.96. The third-order valence-electron chi connectivity index (χ3n) is 6.40. The van der Waals surface area contributed by atoms with Crippen molar-refractivity contribution in [3.05, 3.63) is 60.7 Å². The molecule has 0 N–H and O–H groups in total. The van der Waals surface area contributed by atoms with E-state index in [9.17, 15) is 13.2 Å². The van der Waals surface area contributed by atoms with Gasteiger partial charge in [-0.15, -0.1) is 0 Å². The first kappa shape index (κ1) is 25.2. The van der Waals surface area contributed by atoms with Crippen molar-refractivity contribution < 1.29 is 17.9 Å². The molecule has 0 bridgehead atoms. The van der Waals surface area contributed by atoms with Crippen LogP contribution in [0.5, 0.6) is 5.75 Å². The molecule has 1 saturated heterocycles. The highest BCUT2D eigenvalue weighted by Crippen LogP contribution is 2.29. The van der Waals surface area contributed by atoms with Gasteiger partial charge in [0.05, 0.1) is 0 Å². The summed E-state index contributed by atoms with van der Waals surface area (Å²) in [5.41, 5.74) is 3.45. The Morgan fingerprint density at radius 2 is 1.48 bits per heavy atom. The molecular formula is C28H36F3NO. The number of ether oxygens (including phenoxy) is 1. The number of rotatable bonds is 11. The zero-order valence-electron chi connectivity index (χ0n) is 19.6. The van der Waals surface area contributed by atoms with E-state index in [-0.39, 0.29) is 12.7 Å². The number of hydrogen-bond donors (Lipinski definition) is 0. The maximum atomic E-state index is 12.1. The third kappa shape index (κ3) is 8.79. The fourth-order valence-electron chi connectivity index (χ4n) is 4.45. The van der Waals surface area contributed by atoms with E-state index in [1.807, 2.05) is 12.1 Å². The van der Waals surface area contributed by atoms with Crippen LogP contribution in [-0.2, 0) is 0 Å². The molecule has 1 aliphatic rings. The zero-order valence-corrected chi connectivity index (χ0v) is 19.6. The van der Waals surface area contributed by atoms with Crippen molar-refractivity contribution in [2.75, 3.05) is 24.6 Å². The van der Waals surface area contributed by atoms with E-state index in [0.717, 1.165) is 36.2 Å². The summed E-state index contributed by atoms with van der Waals surface area (Å²) in [7, 11) is 0. The summed E-state index contributed by atoms with van der Waals surface area (Å²) in [6.07, 6.45) is 7.66. The number of unbranched alkanes of at least 4 members (excludes halogenated alkanes) is 4. The number of benzene rings is 2. The predicted molar refractivity (Wildman–Crippen MR) is 131 cm³/mol. The Labute approximate surface area is 196 Å². The first-order valence-electron chi connectivity index (χ1n) is 12.3. The molecule has 2 aromatic carbocycles. The average molecular weight is 460 g/mol. The summed E-state index contributed by atoms with van der Waals surface area (Å²) in [5, 5.41) is 0. The van der Waals surface area contributed by atoms with Gasteiger partial charge in [0.15, 0.2) is 0 Å². The van der Waals surface area contributed by atoms with E-state index in [0.29, 0.717) is 5.75 Å². The van der Waals surface area contributed by atoms with Crippen LogP contribution in [0.15, 0.2) is 60.7 Å². The van der Waals surface area contributed by atoms with Gasteiger partial charge < -0.3 is 9.64 Å². The monoisotopic (exact) mass is 459 g/mol. The number of anilines is 1. The minimum absolute atomic E-state index is 0.108. The quantitative estimate of drug-likeness (QED) is 0.247. The normalized spacial score (nSPS) is 15.3. The van der Waals surface area contributed by atoms with Crippen LogP contribution in [0.1, 0.15) is 58.3 Å². The Kier molecular flexibility index (Phi) is 9.71. The fraction of sp³-hybridized carbons (Fsp3) is 0.500. The number of alkyl halides is 3. The van der Waals surface area contributed by atoms with Gasteiger partial charge in [-0.05, 0) is 60.2 Å². The lowest BCUT2D eigenvalue weighted by Crippen LogP contribution is -2.33. The van der Waals surface area contributed by atoms with Crippen LogP contribution in [-0.4, -0.2) is 25.9 Å². The van der Waals surface area contributed by atoms with Gasteiger partial charge in [0, 0.05) is 24.9 Å². The van der Waals surface area contributed by atoms with Crippen LogP contribution in [0.2, 0.25) is 0 Å². The Morgan fingerprint density at radius 3 is 2.09 bits per heavy atom. The van der Waals surface area contributed by atoms with Gasteiger partial charge in [0.1, 0.15) is 12.4 Å². The van der Waals surface area contributed by atoms with Gasteiger partial charge in [-0.25, -0.2) is 0 Å². The lowest BCUT2D eigenvalue weighted by molar-refractivity contribution is -0.0801. The first-order valence-corrected chi connectivity index (χ1v) is 12.3. The van der Waals surface area contributed by atoms with Gasteiger partial charge in [0.25, 0.3) is 0 Å². The summed E-state index contributed by atoms with van der Waals surface area (Å²) in [5.74, 6) is 1.43. The third-order valence-corrected chi connectivity index (χ3v) is 6.40. The second kappa shape index (κ2) is 12.7. The van der Waals surface area contributed by atoms with Crippen LogP contribution in [0.3, 0.4) is 0 Å². The van der Waals surface area contributed by atoms with Crippen molar-refractivity contribution in [2.24, 2.45) is 5.92 Å². The van der Waals surface area contributed by atoms with Gasteiger partial charge in [-0.3, -0.25) is 0 Å². The molecule has 0 atom stereocenters. The van der Waals surface area contributed by atoms with Crippen LogP contribution < -0.4 is 9.64 Å². The van der Waals surface area contributed by atoms with Crippen LogP contribution in [0.4, 0.5) is 18.9 Å². The van der Waals surface area contributed by atoms with Gasteiger partial charge in [-0.2, -0.15) is 13.2 Å². The molecule has 2 aromatic rings. The molecule has 33 heavy (non-hydrogen) atoms. The number of piperidine rings is 1. The van der Waals surface area contributed by atoms with Crippen molar-refractivity contribution in [1.82, 2.24) is 0 Å². The minimum atomic E-state index is -4.30. The Hall–Kier alpha value is -2.43. The zero-order chi connectivity index (χ0) is 23.5. The highest BCUT2D eigenvalue weighted by Gasteiger charge is 2.21. The molecule has 0 aliphatic carbocycles. The number of halogens is 3. The summed E-state index contributed by atoms with van der Waals surface area (Å²) in [6, 6.07) is 16.1. The van der Waals surface area contributed by atoms with Crippen molar-refractivity contribution in [1.29, 1.82) is 0 Å². The maximum absolute atomic E-state index is 12.1. The molecule has 0 unspecified atom stereocenters. The summed E-state index contributed by atoms with van der Waals surface area (Å²) >= 11 is 0. The van der Waals surface area contributed by atoms with Crippen LogP contribution in [0, 0.1) is 5.92 Å². The van der Waals surface area contributed by atoms with Crippen LogP contribution >= 0.6 is 0 Å². The Morgan fingerprint density at radius 1 is 0.879 bits per heavy atom. The van der Waals surface area contributed by atoms with E-state index in [1.54, 1.807) is 12.1 Å². The molecule has 1 heterocycles. The standard InChI is InChI=1S/C28H36F3NO/c1-2-3-4-5-6-8-23-17-20-32(21-18-23)26-13-9-24(10-14-26)25-11-15-27(16-12-25)33-22-7-19-28(29,30)31/h7,9-16,19,23H,2-6,8,17-18,20-22H2,1H3. The molecule has 1 fully saturated rings. The molecule has 180 valence electrons. The van der Waals surface area contributed by atoms with E-state index in [1.165, 1.54) is 57.1 Å². The largest absolute Gasteiger partial charge is 0.490 e. The summed E-state index contributed by atoms with van der Waals surface area (Å²) in [6.45, 7) is 4.42. The van der Waals surface area contributed by atoms with Crippen molar-refractivity contribution >= 4 is 5.69 Å². The highest BCUT2D eigenvalue weighted by atomic mass is 19.4. The smallest absolute Gasteiger partial charge is 0.409 e. The SMILES string of the molecule is CCCCCCCC1CCN(c2ccc(-c3ccc(OCC=CC(F)(F)F)cc3)cc2)CC1. The summed E-state index contributed by atoms with van der Waals surface area (Å²) in [4.78, 5) is 2.49. The van der Waals surface area contributed by atoms with Gasteiger partial charge in [-0.1, -0.05) is 69.7 Å². The van der Waals surface area contributed by atoms with E-state index in [2.05, 4.69) is 36.1 Å². The van der Waals surface area contributed by atoms with Crippen molar-refractivity contribution in [2.45, 2.75) is 64.5 Å². The molecule has 0 amide bonds. The topological polar surface area (TPSA) is 12.5 Å². The highest BCUT2D eigenvalue weighted by molar-refractivity contribution is 5.67. The Balaban J connectivity index is 1.44. The first-order chi connectivity index (χ1) is 15.9. The van der Waals surface area contributed by atoms with Crippen molar-refractivity contribution in [3.8, 4) is 16.9 Å². The lowest BCUT2D eigenvalue weighted by Gasteiger charge is -2.33.